The fourth-order valence-corrected chi connectivity index (χ4v) is 3.00. The fraction of sp³-hybridized carbons (Fsp3) is 0.400. The second-order valence-corrected chi connectivity index (χ2v) is 11.6. The summed E-state index contributed by atoms with van der Waals surface area (Å²) in [4.78, 5) is 0.402. The molecule has 0 unspecified atom stereocenters. The second-order valence-electron chi connectivity index (χ2n) is 4.55. The SMILES string of the molecule is C[Si](C)(C)c1ccc(S(C)(=O)=O)cc1. The van der Waals surface area contributed by atoms with Crippen molar-refractivity contribution in [1.29, 1.82) is 0 Å². The van der Waals surface area contributed by atoms with Crippen molar-refractivity contribution in [3.8, 4) is 0 Å². The fourth-order valence-electron chi connectivity index (χ4n) is 1.20. The maximum absolute atomic E-state index is 11.2. The summed E-state index contributed by atoms with van der Waals surface area (Å²) in [5.74, 6) is 0. The Bertz CT molecular complexity index is 412. The third-order valence-electron chi connectivity index (χ3n) is 2.15. The second kappa shape index (κ2) is 3.51. The monoisotopic (exact) mass is 228 g/mol. The van der Waals surface area contributed by atoms with Crippen molar-refractivity contribution in [2.24, 2.45) is 0 Å². The summed E-state index contributed by atoms with van der Waals surface area (Å²) in [6.45, 7) is 6.72. The van der Waals surface area contributed by atoms with Gasteiger partial charge in [-0.3, -0.25) is 0 Å². The van der Waals surface area contributed by atoms with Crippen molar-refractivity contribution < 1.29 is 8.42 Å². The zero-order valence-corrected chi connectivity index (χ0v) is 10.9. The Morgan fingerprint density at radius 3 is 1.71 bits per heavy atom. The lowest BCUT2D eigenvalue weighted by Gasteiger charge is -2.16. The molecule has 0 aliphatic rings. The molecule has 4 heteroatoms. The van der Waals surface area contributed by atoms with Gasteiger partial charge in [0.05, 0.1) is 13.0 Å². The van der Waals surface area contributed by atoms with Crippen LogP contribution in [-0.2, 0) is 9.84 Å². The van der Waals surface area contributed by atoms with Crippen molar-refractivity contribution in [3.05, 3.63) is 24.3 Å². The summed E-state index contributed by atoms with van der Waals surface area (Å²) < 4.78 is 22.4. The molecule has 0 saturated heterocycles. The first kappa shape index (κ1) is 11.5. The van der Waals surface area contributed by atoms with Crippen molar-refractivity contribution in [2.75, 3.05) is 6.26 Å². The molecule has 78 valence electrons. The quantitative estimate of drug-likeness (QED) is 0.721. The van der Waals surface area contributed by atoms with Crippen LogP contribution in [0.3, 0.4) is 0 Å². The predicted octanol–water partition coefficient (Wildman–Crippen LogP) is 1.64. The topological polar surface area (TPSA) is 34.1 Å². The molecule has 0 amide bonds. The zero-order valence-electron chi connectivity index (χ0n) is 9.03. The molecular formula is C10H16O2SSi. The van der Waals surface area contributed by atoms with Gasteiger partial charge in [0.15, 0.2) is 9.84 Å². The number of benzene rings is 1. The molecule has 1 aromatic rings. The highest BCUT2D eigenvalue weighted by molar-refractivity contribution is 7.90. The van der Waals surface area contributed by atoms with E-state index >= 15 is 0 Å². The number of hydrogen-bond donors (Lipinski definition) is 0. The van der Waals surface area contributed by atoms with Crippen LogP contribution in [-0.4, -0.2) is 22.7 Å². The molecule has 2 nitrogen and oxygen atoms in total. The normalized spacial score (nSPS) is 12.9. The Balaban J connectivity index is 3.14. The summed E-state index contributed by atoms with van der Waals surface area (Å²) in [6.07, 6.45) is 1.23. The van der Waals surface area contributed by atoms with Crippen molar-refractivity contribution >= 4 is 23.1 Å². The molecule has 14 heavy (non-hydrogen) atoms. The molecular weight excluding hydrogens is 212 g/mol. The summed E-state index contributed by atoms with van der Waals surface area (Å²) in [6, 6.07) is 7.26. The lowest BCUT2D eigenvalue weighted by Crippen LogP contribution is -2.37. The molecule has 0 aliphatic heterocycles. The smallest absolute Gasteiger partial charge is 0.175 e. The number of sulfone groups is 1. The molecule has 0 N–H and O–H groups in total. The van der Waals surface area contributed by atoms with E-state index in [1.165, 1.54) is 11.4 Å². The average molecular weight is 228 g/mol. The summed E-state index contributed by atoms with van der Waals surface area (Å²) >= 11 is 0. The van der Waals surface area contributed by atoms with Crippen LogP contribution in [0.4, 0.5) is 0 Å². The van der Waals surface area contributed by atoms with Crippen LogP contribution in [0.25, 0.3) is 0 Å². The van der Waals surface area contributed by atoms with Crippen LogP contribution in [0.15, 0.2) is 29.2 Å². The Kier molecular flexibility index (Phi) is 2.87. The summed E-state index contributed by atoms with van der Waals surface area (Å²) in [5.41, 5.74) is 0. The van der Waals surface area contributed by atoms with E-state index in [1.807, 2.05) is 12.1 Å². The first-order valence-corrected chi connectivity index (χ1v) is 9.91. The van der Waals surface area contributed by atoms with Gasteiger partial charge in [0.25, 0.3) is 0 Å². The predicted molar refractivity (Wildman–Crippen MR) is 62.5 cm³/mol. The Labute approximate surface area is 86.9 Å². The van der Waals surface area contributed by atoms with Gasteiger partial charge in [-0.05, 0) is 12.1 Å². The molecule has 0 saturated carbocycles. The Morgan fingerprint density at radius 1 is 1.00 bits per heavy atom. The van der Waals surface area contributed by atoms with Gasteiger partial charge in [0, 0.05) is 6.26 Å². The van der Waals surface area contributed by atoms with Crippen LogP contribution in [0.5, 0.6) is 0 Å². The van der Waals surface area contributed by atoms with E-state index in [2.05, 4.69) is 19.6 Å². The maximum atomic E-state index is 11.2. The van der Waals surface area contributed by atoms with Gasteiger partial charge in [0.2, 0.25) is 0 Å². The van der Waals surface area contributed by atoms with Crippen LogP contribution >= 0.6 is 0 Å². The number of rotatable bonds is 2. The average Bonchev–Trinajstić information content (AvgIpc) is 2.01. The molecule has 0 aromatic heterocycles. The van der Waals surface area contributed by atoms with Gasteiger partial charge in [0.1, 0.15) is 0 Å². The summed E-state index contributed by atoms with van der Waals surface area (Å²) in [7, 11) is -4.36. The minimum absolute atomic E-state index is 0.402. The minimum atomic E-state index is -3.05. The zero-order chi connectivity index (χ0) is 11.0. The standard InChI is InChI=1S/C10H16O2SSi/c1-13(11,12)9-5-7-10(8-6-9)14(2,3)4/h5-8H,1-4H3. The van der Waals surface area contributed by atoms with Crippen LogP contribution in [0, 0.1) is 0 Å². The van der Waals surface area contributed by atoms with Crippen molar-refractivity contribution in [1.82, 2.24) is 0 Å². The molecule has 1 aromatic carbocycles. The third-order valence-corrected chi connectivity index (χ3v) is 5.34. The van der Waals surface area contributed by atoms with Gasteiger partial charge in [-0.25, -0.2) is 8.42 Å². The van der Waals surface area contributed by atoms with Gasteiger partial charge < -0.3 is 0 Å². The Hall–Kier alpha value is -0.613. The van der Waals surface area contributed by atoms with Crippen LogP contribution in [0.2, 0.25) is 19.6 Å². The van der Waals surface area contributed by atoms with E-state index in [4.69, 9.17) is 0 Å². The molecule has 0 heterocycles. The lowest BCUT2D eigenvalue weighted by atomic mass is 10.4. The molecule has 0 aliphatic carbocycles. The first-order valence-electron chi connectivity index (χ1n) is 4.52. The first-order chi connectivity index (χ1) is 6.21. The maximum Gasteiger partial charge on any atom is 0.175 e. The Morgan fingerprint density at radius 2 is 1.43 bits per heavy atom. The van der Waals surface area contributed by atoms with E-state index in [-0.39, 0.29) is 0 Å². The highest BCUT2D eigenvalue weighted by Gasteiger charge is 2.16. The molecule has 0 radical (unpaired) electrons. The lowest BCUT2D eigenvalue weighted by molar-refractivity contribution is 0.602. The molecule has 1 rings (SSSR count). The molecule has 0 spiro atoms. The molecule has 0 bridgehead atoms. The highest BCUT2D eigenvalue weighted by Crippen LogP contribution is 2.09. The van der Waals surface area contributed by atoms with Gasteiger partial charge in [-0.15, -0.1) is 0 Å². The van der Waals surface area contributed by atoms with Crippen LogP contribution < -0.4 is 5.19 Å². The van der Waals surface area contributed by atoms with Crippen LogP contribution in [0.1, 0.15) is 0 Å². The largest absolute Gasteiger partial charge is 0.224 e. The van der Waals surface area contributed by atoms with E-state index < -0.39 is 17.9 Å². The highest BCUT2D eigenvalue weighted by atomic mass is 32.2. The molecule has 0 atom stereocenters. The van der Waals surface area contributed by atoms with Gasteiger partial charge in [-0.1, -0.05) is 37.0 Å². The van der Waals surface area contributed by atoms with Gasteiger partial charge >= 0.3 is 0 Å². The van der Waals surface area contributed by atoms with E-state index in [9.17, 15) is 8.42 Å². The van der Waals surface area contributed by atoms with Gasteiger partial charge in [-0.2, -0.15) is 0 Å². The minimum Gasteiger partial charge on any atom is -0.224 e. The van der Waals surface area contributed by atoms with E-state index in [1.54, 1.807) is 12.1 Å². The van der Waals surface area contributed by atoms with Crippen molar-refractivity contribution in [2.45, 2.75) is 24.5 Å². The third kappa shape index (κ3) is 2.69. The number of hydrogen-bond acceptors (Lipinski definition) is 2. The molecule has 0 fully saturated rings. The van der Waals surface area contributed by atoms with E-state index in [0.717, 1.165) is 0 Å². The van der Waals surface area contributed by atoms with E-state index in [0.29, 0.717) is 4.90 Å². The summed E-state index contributed by atoms with van der Waals surface area (Å²) in [5, 5.41) is 1.28. The van der Waals surface area contributed by atoms with Crippen molar-refractivity contribution in [3.63, 3.8) is 0 Å².